The van der Waals surface area contributed by atoms with Crippen molar-refractivity contribution in [2.75, 3.05) is 5.32 Å². The minimum Gasteiger partial charge on any atom is -0.454 e. The molecule has 0 bridgehead atoms. The Balaban J connectivity index is 2.28. The van der Waals surface area contributed by atoms with Gasteiger partial charge >= 0.3 is 11.7 Å². The second-order valence-corrected chi connectivity index (χ2v) is 7.61. The number of hydrogen-bond acceptors (Lipinski definition) is 7. The Morgan fingerprint density at radius 2 is 2.09 bits per heavy atom. The highest BCUT2D eigenvalue weighted by atomic mass is 19.1. The van der Waals surface area contributed by atoms with Crippen LogP contribution in [0.3, 0.4) is 0 Å². The first-order valence-corrected chi connectivity index (χ1v) is 10.0. The van der Waals surface area contributed by atoms with Crippen molar-refractivity contribution in [2.45, 2.75) is 65.3 Å². The number of hydrogen-bond donors (Lipinski definition) is 2. The van der Waals surface area contributed by atoms with E-state index >= 15 is 4.39 Å². The van der Waals surface area contributed by atoms with E-state index in [-0.39, 0.29) is 29.6 Å². The molecule has 1 fully saturated rings. The Bertz CT molecular complexity index is 1210. The van der Waals surface area contributed by atoms with Crippen LogP contribution in [0.1, 0.15) is 40.3 Å². The average molecular weight is 449 g/mol. The van der Waals surface area contributed by atoms with Crippen molar-refractivity contribution < 1.29 is 23.5 Å². The number of H-pyrrole nitrogens is 1. The van der Waals surface area contributed by atoms with Crippen molar-refractivity contribution in [1.82, 2.24) is 19.1 Å². The predicted molar refractivity (Wildman–Crippen MR) is 112 cm³/mol. The van der Waals surface area contributed by atoms with Crippen LogP contribution in [0.15, 0.2) is 9.59 Å². The Hall–Kier alpha value is -3.46. The summed E-state index contributed by atoms with van der Waals surface area (Å²) in [6.45, 7) is 5.67. The van der Waals surface area contributed by atoms with Gasteiger partial charge in [-0.1, -0.05) is 26.2 Å². The van der Waals surface area contributed by atoms with E-state index < -0.39 is 47.7 Å². The van der Waals surface area contributed by atoms with E-state index in [4.69, 9.17) is 15.9 Å². The first kappa shape index (κ1) is 23.2. The molecule has 0 aromatic carbocycles. The Labute approximate surface area is 181 Å². The lowest BCUT2D eigenvalue weighted by Crippen LogP contribution is -2.37. The fourth-order valence-electron chi connectivity index (χ4n) is 3.74. The summed E-state index contributed by atoms with van der Waals surface area (Å²) in [6, 6.07) is 0. The van der Waals surface area contributed by atoms with Crippen LogP contribution in [0.5, 0.6) is 0 Å². The van der Waals surface area contributed by atoms with E-state index in [1.54, 1.807) is 6.92 Å². The summed E-state index contributed by atoms with van der Waals surface area (Å²) in [5.41, 5.74) is -1.93. The lowest BCUT2D eigenvalue weighted by Gasteiger charge is -2.20. The average Bonchev–Trinajstić information content (AvgIpc) is 3.15. The third kappa shape index (κ3) is 4.03. The van der Waals surface area contributed by atoms with Crippen LogP contribution in [0.25, 0.3) is 11.2 Å². The summed E-state index contributed by atoms with van der Waals surface area (Å²) in [6.07, 6.45) is 0.370. The lowest BCUT2D eigenvalue weighted by molar-refractivity contribution is -0.154. The van der Waals surface area contributed by atoms with Crippen LogP contribution in [0.4, 0.5) is 10.3 Å². The highest BCUT2D eigenvalue weighted by molar-refractivity contribution is 5.87. The molecule has 1 amide bonds. The molecule has 172 valence electrons. The molecule has 1 saturated heterocycles. The van der Waals surface area contributed by atoms with Gasteiger partial charge in [-0.15, -0.1) is 6.42 Å². The maximum atomic E-state index is 15.3. The number of fused-ring (bicyclic) bond motifs is 1. The van der Waals surface area contributed by atoms with Crippen LogP contribution in [-0.2, 0) is 25.6 Å². The summed E-state index contributed by atoms with van der Waals surface area (Å²) in [4.78, 5) is 55.6. The number of amides is 1. The quantitative estimate of drug-likeness (QED) is 0.489. The minimum atomic E-state index is -1.73. The van der Waals surface area contributed by atoms with E-state index in [0.717, 1.165) is 16.1 Å². The molecule has 1 aliphatic rings. The molecule has 2 aromatic rings. The van der Waals surface area contributed by atoms with Crippen LogP contribution >= 0.6 is 0 Å². The molecular formula is C20H24FN5O6. The Morgan fingerprint density at radius 3 is 2.66 bits per heavy atom. The lowest BCUT2D eigenvalue weighted by atomic mass is 9.97. The van der Waals surface area contributed by atoms with E-state index in [9.17, 15) is 19.2 Å². The molecule has 12 heteroatoms. The third-order valence-electron chi connectivity index (χ3n) is 5.32. The largest absolute Gasteiger partial charge is 0.454 e. The van der Waals surface area contributed by atoms with E-state index in [2.05, 4.69) is 21.2 Å². The smallest absolute Gasteiger partial charge is 0.333 e. The predicted octanol–water partition coefficient (Wildman–Crippen LogP) is 0.691. The molecule has 0 saturated carbocycles. The first-order valence-electron chi connectivity index (χ1n) is 10.0. The summed E-state index contributed by atoms with van der Waals surface area (Å²) in [5.74, 6) is 0.527. The van der Waals surface area contributed by atoms with Crippen molar-refractivity contribution in [2.24, 2.45) is 5.92 Å². The highest BCUT2D eigenvalue weighted by Gasteiger charge is 2.51. The molecule has 3 heterocycles. The van der Waals surface area contributed by atoms with Crippen LogP contribution in [0, 0.1) is 18.3 Å². The zero-order chi connectivity index (χ0) is 23.7. The number of aromatic amines is 1. The molecular weight excluding hydrogens is 425 g/mol. The van der Waals surface area contributed by atoms with Gasteiger partial charge in [0.05, 0.1) is 12.6 Å². The fourth-order valence-corrected chi connectivity index (χ4v) is 3.74. The van der Waals surface area contributed by atoms with Crippen molar-refractivity contribution in [3.05, 3.63) is 20.8 Å². The van der Waals surface area contributed by atoms with Gasteiger partial charge in [-0.05, 0) is 5.92 Å². The second kappa shape index (κ2) is 8.96. The summed E-state index contributed by atoms with van der Waals surface area (Å²) in [7, 11) is 0. The summed E-state index contributed by atoms with van der Waals surface area (Å²) in [5, 5.41) is 2.33. The topological polar surface area (TPSA) is 137 Å². The van der Waals surface area contributed by atoms with Gasteiger partial charge in [-0.3, -0.25) is 29.3 Å². The molecule has 3 rings (SSSR count). The monoisotopic (exact) mass is 449 g/mol. The molecule has 0 radical (unpaired) electrons. The standard InChI is InChI=1S/C20H24FN5O6/c1-6-8-25-13-16(23-19(22-10(4)27)24-17(13)29)26(20(25)30)18-15(31-11(5)28)12(21)14(32-18)9(3)7-2/h1,9,12,14-15,18H,7-8H2,2-5H3,(H2,22,23,24,27,29)/t9-,12+,14-,15-,18-/m1/s1. The van der Waals surface area contributed by atoms with Crippen molar-refractivity contribution in [1.29, 1.82) is 0 Å². The van der Waals surface area contributed by atoms with Crippen molar-refractivity contribution >= 4 is 29.0 Å². The number of ether oxygens (including phenoxy) is 2. The number of rotatable bonds is 6. The second-order valence-electron chi connectivity index (χ2n) is 7.61. The summed E-state index contributed by atoms with van der Waals surface area (Å²) < 4.78 is 28.3. The minimum absolute atomic E-state index is 0.186. The number of alkyl halides is 1. The van der Waals surface area contributed by atoms with Gasteiger partial charge in [0.1, 0.15) is 0 Å². The molecule has 0 unspecified atom stereocenters. The number of imidazole rings is 1. The zero-order valence-corrected chi connectivity index (χ0v) is 18.0. The van der Waals surface area contributed by atoms with E-state index in [1.165, 1.54) is 6.92 Å². The summed E-state index contributed by atoms with van der Waals surface area (Å²) >= 11 is 0. The van der Waals surface area contributed by atoms with Crippen LogP contribution < -0.4 is 16.6 Å². The van der Waals surface area contributed by atoms with Gasteiger partial charge in [0, 0.05) is 13.8 Å². The fraction of sp³-hybridized carbons (Fsp3) is 0.550. The SMILES string of the molecule is C#CCn1c(=O)n([C@@H]2O[C@H]([C@H](C)CC)[C@H](F)[C@H]2OC(C)=O)c2nc(NC(C)=O)[nH]c(=O)c21. The van der Waals surface area contributed by atoms with Gasteiger partial charge < -0.3 is 9.47 Å². The van der Waals surface area contributed by atoms with Gasteiger partial charge in [0.2, 0.25) is 11.9 Å². The van der Waals surface area contributed by atoms with Crippen LogP contribution in [-0.4, -0.2) is 49.4 Å². The first-order chi connectivity index (χ1) is 15.1. The number of anilines is 1. The molecule has 1 aliphatic heterocycles. The molecule has 0 spiro atoms. The molecule has 11 nitrogen and oxygen atoms in total. The number of carbonyl (C=O) groups is 2. The zero-order valence-electron chi connectivity index (χ0n) is 18.0. The van der Waals surface area contributed by atoms with Gasteiger partial charge in [0.15, 0.2) is 29.7 Å². The Morgan fingerprint density at radius 1 is 1.41 bits per heavy atom. The number of carbonyl (C=O) groups excluding carboxylic acids is 2. The molecule has 2 aromatic heterocycles. The molecule has 0 aliphatic carbocycles. The molecule has 5 atom stereocenters. The maximum absolute atomic E-state index is 15.3. The number of esters is 1. The number of aromatic nitrogens is 4. The van der Waals surface area contributed by atoms with E-state index in [0.29, 0.717) is 6.42 Å². The van der Waals surface area contributed by atoms with Crippen molar-refractivity contribution in [3.8, 4) is 12.3 Å². The maximum Gasteiger partial charge on any atom is 0.333 e. The van der Waals surface area contributed by atoms with E-state index in [1.807, 2.05) is 6.92 Å². The number of terminal acetylenes is 1. The third-order valence-corrected chi connectivity index (χ3v) is 5.32. The number of nitrogens with zero attached hydrogens (tertiary/aromatic N) is 3. The number of halogens is 1. The number of nitrogens with one attached hydrogen (secondary N) is 2. The molecule has 32 heavy (non-hydrogen) atoms. The van der Waals surface area contributed by atoms with Crippen molar-refractivity contribution in [3.63, 3.8) is 0 Å². The van der Waals surface area contributed by atoms with Gasteiger partial charge in [-0.25, -0.2) is 13.8 Å². The van der Waals surface area contributed by atoms with Gasteiger partial charge in [0.25, 0.3) is 5.56 Å². The highest BCUT2D eigenvalue weighted by Crippen LogP contribution is 2.38. The van der Waals surface area contributed by atoms with Gasteiger partial charge in [-0.2, -0.15) is 4.98 Å². The Kier molecular flexibility index (Phi) is 6.50. The van der Waals surface area contributed by atoms with Crippen LogP contribution in [0.2, 0.25) is 0 Å². The normalized spacial score (nSPS) is 23.6. The molecule has 2 N–H and O–H groups in total.